The molecule has 0 aliphatic heterocycles. The van der Waals surface area contributed by atoms with Crippen molar-refractivity contribution in [2.24, 2.45) is 0 Å². The van der Waals surface area contributed by atoms with Gasteiger partial charge in [0.2, 0.25) is 0 Å². The molecule has 0 N–H and O–H groups in total. The van der Waals surface area contributed by atoms with E-state index in [0.717, 1.165) is 6.20 Å². The number of nitrogens with zero attached hydrogens (tertiary/aromatic N) is 1. The lowest BCUT2D eigenvalue weighted by Crippen LogP contribution is -1.96. The van der Waals surface area contributed by atoms with Crippen molar-refractivity contribution in [1.29, 1.82) is 0 Å². The smallest absolute Gasteiger partial charge is 0.141 e. The number of aromatic nitrogens is 1. The fourth-order valence-electron chi connectivity index (χ4n) is 1.23. The molecule has 2 nitrogen and oxygen atoms in total. The largest absolute Gasteiger partial charge is 0.489 e. The quantitative estimate of drug-likeness (QED) is 0.816. The molecule has 1 aromatic carbocycles. The predicted molar refractivity (Wildman–Crippen MR) is 60.0 cm³/mol. The highest BCUT2D eigenvalue weighted by atomic mass is 35.5. The minimum atomic E-state index is -0.364. The first kappa shape index (κ1) is 10.9. The second-order valence-corrected chi connectivity index (χ2v) is 3.69. The summed E-state index contributed by atoms with van der Waals surface area (Å²) in [5.41, 5.74) is 0.690. The highest BCUT2D eigenvalue weighted by molar-refractivity contribution is 6.30. The van der Waals surface area contributed by atoms with E-state index in [1.54, 1.807) is 30.5 Å². The molecule has 0 bridgehead atoms. The normalized spacial score (nSPS) is 10.1. The van der Waals surface area contributed by atoms with Crippen LogP contribution in [0.5, 0.6) is 5.75 Å². The molecule has 0 saturated carbocycles. The summed E-state index contributed by atoms with van der Waals surface area (Å²) in [7, 11) is 0. The van der Waals surface area contributed by atoms with Gasteiger partial charge in [-0.1, -0.05) is 11.6 Å². The van der Waals surface area contributed by atoms with Crippen molar-refractivity contribution in [3.8, 4) is 5.75 Å². The van der Waals surface area contributed by atoms with Gasteiger partial charge in [-0.15, -0.1) is 0 Å². The Bertz CT molecular complexity index is 473. The van der Waals surface area contributed by atoms with Crippen LogP contribution in [0.3, 0.4) is 0 Å². The molecular formula is C12H9ClFNO. The lowest BCUT2D eigenvalue weighted by Gasteiger charge is -2.05. The minimum absolute atomic E-state index is 0.284. The zero-order valence-corrected chi connectivity index (χ0v) is 9.12. The zero-order chi connectivity index (χ0) is 11.4. The molecule has 0 aliphatic carbocycles. The topological polar surface area (TPSA) is 22.1 Å². The van der Waals surface area contributed by atoms with Crippen LogP contribution in [0.2, 0.25) is 5.02 Å². The van der Waals surface area contributed by atoms with Gasteiger partial charge < -0.3 is 4.74 Å². The average Bonchev–Trinajstić information content (AvgIpc) is 2.28. The van der Waals surface area contributed by atoms with Crippen LogP contribution in [0.15, 0.2) is 42.7 Å². The monoisotopic (exact) mass is 237 g/mol. The third-order valence-electron chi connectivity index (χ3n) is 1.98. The molecule has 1 aromatic heterocycles. The van der Waals surface area contributed by atoms with E-state index in [-0.39, 0.29) is 12.4 Å². The predicted octanol–water partition coefficient (Wildman–Crippen LogP) is 3.45. The summed E-state index contributed by atoms with van der Waals surface area (Å²) in [6.07, 6.45) is 2.73. The lowest BCUT2D eigenvalue weighted by molar-refractivity contribution is 0.305. The van der Waals surface area contributed by atoms with Crippen molar-refractivity contribution in [1.82, 2.24) is 4.98 Å². The van der Waals surface area contributed by atoms with E-state index in [9.17, 15) is 4.39 Å². The number of halogens is 2. The summed E-state index contributed by atoms with van der Waals surface area (Å²) >= 11 is 5.73. The molecule has 0 atom stereocenters. The Hall–Kier alpha value is -1.61. The summed E-state index contributed by atoms with van der Waals surface area (Å²) in [6, 6.07) is 8.38. The average molecular weight is 238 g/mol. The molecule has 0 saturated heterocycles. The molecule has 0 radical (unpaired) electrons. The Kier molecular flexibility index (Phi) is 3.37. The van der Waals surface area contributed by atoms with Gasteiger partial charge in [0, 0.05) is 16.8 Å². The molecule has 82 valence electrons. The van der Waals surface area contributed by atoms with Gasteiger partial charge in [-0.3, -0.25) is 4.98 Å². The van der Waals surface area contributed by atoms with Crippen LogP contribution in [-0.4, -0.2) is 4.98 Å². The van der Waals surface area contributed by atoms with E-state index in [4.69, 9.17) is 16.3 Å². The van der Waals surface area contributed by atoms with Crippen LogP contribution >= 0.6 is 11.6 Å². The van der Waals surface area contributed by atoms with Crippen molar-refractivity contribution < 1.29 is 9.13 Å². The molecule has 0 fully saturated rings. The maximum Gasteiger partial charge on any atom is 0.141 e. The van der Waals surface area contributed by atoms with Gasteiger partial charge in [-0.05, 0) is 30.3 Å². The maximum absolute atomic E-state index is 12.8. The van der Waals surface area contributed by atoms with Crippen molar-refractivity contribution in [2.75, 3.05) is 0 Å². The van der Waals surface area contributed by atoms with E-state index in [1.807, 2.05) is 0 Å². The Morgan fingerprint density at radius 1 is 1.19 bits per heavy atom. The fraction of sp³-hybridized carbons (Fsp3) is 0.0833. The Labute approximate surface area is 97.7 Å². The summed E-state index contributed by atoms with van der Waals surface area (Å²) in [4.78, 5) is 3.73. The number of hydrogen-bond acceptors (Lipinski definition) is 2. The maximum atomic E-state index is 12.8. The van der Waals surface area contributed by atoms with Crippen LogP contribution in [0.4, 0.5) is 4.39 Å². The molecule has 0 unspecified atom stereocenters. The van der Waals surface area contributed by atoms with Crippen molar-refractivity contribution in [3.63, 3.8) is 0 Å². The number of hydrogen-bond donors (Lipinski definition) is 0. The Morgan fingerprint density at radius 3 is 2.62 bits per heavy atom. The molecule has 4 heteroatoms. The summed E-state index contributed by atoms with van der Waals surface area (Å²) in [6.45, 7) is 0.284. The molecule has 0 aliphatic rings. The molecule has 0 spiro atoms. The standard InChI is InChI=1S/C12H9ClFNO/c13-10-1-3-12(4-2-10)16-8-9-5-11(14)7-15-6-9/h1-7H,8H2. The van der Waals surface area contributed by atoms with Gasteiger partial charge >= 0.3 is 0 Å². The highest BCUT2D eigenvalue weighted by Gasteiger charge is 1.98. The number of ether oxygens (including phenoxy) is 1. The molecule has 2 rings (SSSR count). The van der Waals surface area contributed by atoms with E-state index in [2.05, 4.69) is 4.98 Å². The van der Waals surface area contributed by atoms with Gasteiger partial charge in [-0.25, -0.2) is 4.39 Å². The van der Waals surface area contributed by atoms with Gasteiger partial charge in [-0.2, -0.15) is 0 Å². The van der Waals surface area contributed by atoms with Crippen molar-refractivity contribution in [3.05, 3.63) is 59.1 Å². The van der Waals surface area contributed by atoms with E-state index in [0.29, 0.717) is 16.3 Å². The number of benzene rings is 1. The van der Waals surface area contributed by atoms with Gasteiger partial charge in [0.1, 0.15) is 18.2 Å². The van der Waals surface area contributed by atoms with Crippen LogP contribution in [-0.2, 0) is 6.61 Å². The van der Waals surface area contributed by atoms with Crippen LogP contribution in [0.25, 0.3) is 0 Å². The third kappa shape index (κ3) is 2.94. The Balaban J connectivity index is 1.99. The van der Waals surface area contributed by atoms with Crippen LogP contribution in [0.1, 0.15) is 5.56 Å². The Morgan fingerprint density at radius 2 is 1.94 bits per heavy atom. The first-order valence-corrected chi connectivity index (χ1v) is 5.09. The third-order valence-corrected chi connectivity index (χ3v) is 2.23. The van der Waals surface area contributed by atoms with E-state index in [1.165, 1.54) is 6.07 Å². The van der Waals surface area contributed by atoms with Crippen molar-refractivity contribution >= 4 is 11.6 Å². The summed E-state index contributed by atoms with van der Waals surface area (Å²) in [5.74, 6) is 0.325. The number of rotatable bonds is 3. The molecule has 2 aromatic rings. The first-order chi connectivity index (χ1) is 7.74. The zero-order valence-electron chi connectivity index (χ0n) is 8.36. The summed E-state index contributed by atoms with van der Waals surface area (Å²) < 4.78 is 18.2. The van der Waals surface area contributed by atoms with E-state index >= 15 is 0 Å². The number of pyridine rings is 1. The highest BCUT2D eigenvalue weighted by Crippen LogP contribution is 2.16. The SMILES string of the molecule is Fc1cncc(COc2ccc(Cl)cc2)c1. The fourth-order valence-corrected chi connectivity index (χ4v) is 1.36. The van der Waals surface area contributed by atoms with Gasteiger partial charge in [0.05, 0.1) is 6.20 Å². The minimum Gasteiger partial charge on any atom is -0.489 e. The first-order valence-electron chi connectivity index (χ1n) is 4.72. The lowest BCUT2D eigenvalue weighted by atomic mass is 10.3. The molecular weight excluding hydrogens is 229 g/mol. The molecule has 0 amide bonds. The van der Waals surface area contributed by atoms with Gasteiger partial charge in [0.25, 0.3) is 0 Å². The van der Waals surface area contributed by atoms with Crippen molar-refractivity contribution in [2.45, 2.75) is 6.61 Å². The van der Waals surface area contributed by atoms with Gasteiger partial charge in [0.15, 0.2) is 0 Å². The second-order valence-electron chi connectivity index (χ2n) is 3.25. The molecule has 1 heterocycles. The molecule has 16 heavy (non-hydrogen) atoms. The van der Waals surface area contributed by atoms with Crippen LogP contribution < -0.4 is 4.74 Å². The van der Waals surface area contributed by atoms with Crippen LogP contribution in [0, 0.1) is 5.82 Å². The second kappa shape index (κ2) is 4.94. The van der Waals surface area contributed by atoms with E-state index < -0.39 is 0 Å². The summed E-state index contributed by atoms with van der Waals surface area (Å²) in [5, 5.41) is 0.653.